The first-order valence-corrected chi connectivity index (χ1v) is 13.6. The van der Waals surface area contributed by atoms with E-state index in [1.807, 2.05) is 54.6 Å². The van der Waals surface area contributed by atoms with Crippen LogP contribution in [0.5, 0.6) is 0 Å². The van der Waals surface area contributed by atoms with E-state index in [-0.39, 0.29) is 31.9 Å². The van der Waals surface area contributed by atoms with E-state index in [0.29, 0.717) is 21.4 Å². The summed E-state index contributed by atoms with van der Waals surface area (Å²) in [6, 6.07) is 27.6. The van der Waals surface area contributed by atoms with Crippen molar-refractivity contribution in [1.29, 1.82) is 0 Å². The standard InChI is InChI=1S/C33H16F3NO3S/c34-33(35,36)17-12-13-20-28(14-17)41-29-16-27-22(15-23(29)30(20)38)31(39)21-8-5-11-26(32(21)40-27)37-24-9-3-1-6-18(24)19-7-2-4-10-25(19)37/h1-16H. The molecule has 0 aliphatic rings. The minimum atomic E-state index is -4.53. The van der Waals surface area contributed by atoms with E-state index >= 15 is 0 Å². The number of fused-ring (bicyclic) bond motifs is 7. The Bertz CT molecular complexity index is 2470. The maximum absolute atomic E-state index is 13.8. The van der Waals surface area contributed by atoms with E-state index in [9.17, 15) is 22.8 Å². The van der Waals surface area contributed by atoms with Crippen molar-refractivity contribution >= 4 is 75.3 Å². The van der Waals surface area contributed by atoms with Crippen molar-refractivity contribution in [3.05, 3.63) is 123 Å². The summed E-state index contributed by atoms with van der Waals surface area (Å²) in [6.07, 6.45) is -4.53. The number of aromatic nitrogens is 1. The summed E-state index contributed by atoms with van der Waals surface area (Å²) in [7, 11) is 0. The lowest BCUT2D eigenvalue weighted by molar-refractivity contribution is -0.137. The van der Waals surface area contributed by atoms with E-state index in [1.54, 1.807) is 18.2 Å². The number of para-hydroxylation sites is 3. The highest BCUT2D eigenvalue weighted by Crippen LogP contribution is 2.37. The van der Waals surface area contributed by atoms with Crippen LogP contribution in [0.2, 0.25) is 0 Å². The molecule has 41 heavy (non-hydrogen) atoms. The van der Waals surface area contributed by atoms with Crippen LogP contribution >= 0.6 is 11.3 Å². The van der Waals surface area contributed by atoms with Crippen LogP contribution in [0.15, 0.2) is 111 Å². The van der Waals surface area contributed by atoms with Gasteiger partial charge in [0.2, 0.25) is 5.43 Å². The Morgan fingerprint density at radius 3 is 1.95 bits per heavy atom. The molecule has 3 heterocycles. The number of halogens is 3. The fourth-order valence-electron chi connectivity index (χ4n) is 5.74. The van der Waals surface area contributed by atoms with E-state index in [4.69, 9.17) is 4.42 Å². The Labute approximate surface area is 232 Å². The van der Waals surface area contributed by atoms with Gasteiger partial charge in [-0.05, 0) is 54.6 Å². The summed E-state index contributed by atoms with van der Waals surface area (Å²) < 4.78 is 49.2. The molecule has 5 aromatic carbocycles. The van der Waals surface area contributed by atoms with Crippen LogP contribution in [0.1, 0.15) is 5.56 Å². The van der Waals surface area contributed by atoms with Crippen LogP contribution in [0.4, 0.5) is 13.2 Å². The van der Waals surface area contributed by atoms with Crippen LogP contribution < -0.4 is 10.9 Å². The number of nitrogens with zero attached hydrogens (tertiary/aromatic N) is 1. The first kappa shape index (κ1) is 23.9. The van der Waals surface area contributed by atoms with Gasteiger partial charge in [-0.2, -0.15) is 13.2 Å². The summed E-state index contributed by atoms with van der Waals surface area (Å²) in [4.78, 5) is 27.1. The van der Waals surface area contributed by atoms with Crippen molar-refractivity contribution in [2.75, 3.05) is 0 Å². The molecule has 0 unspecified atom stereocenters. The van der Waals surface area contributed by atoms with Crippen molar-refractivity contribution in [3.63, 3.8) is 0 Å². The summed E-state index contributed by atoms with van der Waals surface area (Å²) in [5.74, 6) is 0. The monoisotopic (exact) mass is 563 g/mol. The highest BCUT2D eigenvalue weighted by Gasteiger charge is 2.30. The second kappa shape index (κ2) is 8.28. The molecule has 0 aliphatic heterocycles. The largest absolute Gasteiger partial charge is 0.454 e. The van der Waals surface area contributed by atoms with Crippen molar-refractivity contribution in [1.82, 2.24) is 4.57 Å². The molecule has 198 valence electrons. The number of alkyl halides is 3. The van der Waals surface area contributed by atoms with Crippen LogP contribution in [0.25, 0.3) is 69.6 Å². The molecular weight excluding hydrogens is 547 g/mol. The van der Waals surface area contributed by atoms with Crippen LogP contribution in [-0.4, -0.2) is 4.57 Å². The Balaban J connectivity index is 1.47. The van der Waals surface area contributed by atoms with Gasteiger partial charge in [-0.1, -0.05) is 42.5 Å². The number of benzene rings is 5. The van der Waals surface area contributed by atoms with Crippen molar-refractivity contribution in [2.24, 2.45) is 0 Å². The second-order valence-electron chi connectivity index (χ2n) is 9.94. The van der Waals surface area contributed by atoms with E-state index in [2.05, 4.69) is 4.57 Å². The Hall–Kier alpha value is -4.95. The average molecular weight is 564 g/mol. The molecule has 8 rings (SSSR count). The Kier molecular flexibility index (Phi) is 4.83. The van der Waals surface area contributed by atoms with E-state index in [1.165, 1.54) is 12.1 Å². The third-order valence-electron chi connectivity index (χ3n) is 7.62. The van der Waals surface area contributed by atoms with Crippen molar-refractivity contribution < 1.29 is 17.6 Å². The van der Waals surface area contributed by atoms with Crippen LogP contribution in [0, 0.1) is 0 Å². The maximum atomic E-state index is 13.8. The fourth-order valence-corrected chi connectivity index (χ4v) is 6.86. The highest BCUT2D eigenvalue weighted by molar-refractivity contribution is 7.24. The number of hydrogen-bond acceptors (Lipinski definition) is 4. The minimum absolute atomic E-state index is 0.175. The zero-order valence-electron chi connectivity index (χ0n) is 21.0. The molecule has 3 aromatic heterocycles. The molecule has 0 amide bonds. The summed E-state index contributed by atoms with van der Waals surface area (Å²) in [6.45, 7) is 0. The topological polar surface area (TPSA) is 52.2 Å². The SMILES string of the molecule is O=c1c2ccc(C(F)(F)F)cc2sc2cc3oc4c(-n5c6ccccc6c6ccccc65)cccc4c(=O)c3cc12. The number of rotatable bonds is 1. The molecule has 0 spiro atoms. The predicted molar refractivity (Wildman–Crippen MR) is 158 cm³/mol. The molecule has 8 aromatic rings. The predicted octanol–water partition coefficient (Wildman–Crippen LogP) is 8.79. The normalized spacial score (nSPS) is 12.5. The fraction of sp³-hybridized carbons (Fsp3) is 0.0303. The van der Waals surface area contributed by atoms with Gasteiger partial charge in [0, 0.05) is 30.9 Å². The first-order valence-electron chi connectivity index (χ1n) is 12.8. The Morgan fingerprint density at radius 1 is 0.610 bits per heavy atom. The third-order valence-corrected chi connectivity index (χ3v) is 8.73. The molecule has 4 nitrogen and oxygen atoms in total. The molecule has 0 radical (unpaired) electrons. The van der Waals surface area contributed by atoms with Crippen molar-refractivity contribution in [2.45, 2.75) is 6.18 Å². The lowest BCUT2D eigenvalue weighted by Gasteiger charge is -2.12. The average Bonchev–Trinajstić information content (AvgIpc) is 3.30. The molecule has 0 saturated carbocycles. The number of hydrogen-bond donors (Lipinski definition) is 0. The van der Waals surface area contributed by atoms with Crippen LogP contribution in [-0.2, 0) is 6.18 Å². The van der Waals surface area contributed by atoms with Crippen LogP contribution in [0.3, 0.4) is 0 Å². The zero-order chi connectivity index (χ0) is 28.0. The molecule has 8 heteroatoms. The molecule has 0 atom stereocenters. The van der Waals surface area contributed by atoms with Gasteiger partial charge in [0.05, 0.1) is 33.1 Å². The Morgan fingerprint density at radius 2 is 1.24 bits per heavy atom. The third kappa shape index (κ3) is 3.40. The molecule has 0 saturated heterocycles. The van der Waals surface area contributed by atoms with Gasteiger partial charge in [0.1, 0.15) is 5.58 Å². The summed E-state index contributed by atoms with van der Waals surface area (Å²) in [5.41, 5.74) is 1.68. The summed E-state index contributed by atoms with van der Waals surface area (Å²) >= 11 is 1.06. The van der Waals surface area contributed by atoms with Crippen molar-refractivity contribution in [3.8, 4) is 5.69 Å². The maximum Gasteiger partial charge on any atom is 0.416 e. The van der Waals surface area contributed by atoms with E-state index < -0.39 is 17.2 Å². The second-order valence-corrected chi connectivity index (χ2v) is 11.0. The highest BCUT2D eigenvalue weighted by atomic mass is 32.1. The molecular formula is C33H16F3NO3S. The minimum Gasteiger partial charge on any atom is -0.454 e. The van der Waals surface area contributed by atoms with Gasteiger partial charge in [-0.15, -0.1) is 11.3 Å². The van der Waals surface area contributed by atoms with Gasteiger partial charge in [0.25, 0.3) is 0 Å². The van der Waals surface area contributed by atoms with E-state index in [0.717, 1.165) is 45.3 Å². The molecule has 0 bridgehead atoms. The lowest BCUT2D eigenvalue weighted by atomic mass is 10.1. The molecule has 0 fully saturated rings. The quantitative estimate of drug-likeness (QED) is 0.188. The van der Waals surface area contributed by atoms with Gasteiger partial charge < -0.3 is 8.98 Å². The first-order chi connectivity index (χ1) is 19.8. The lowest BCUT2D eigenvalue weighted by Crippen LogP contribution is -2.08. The molecule has 0 aliphatic carbocycles. The molecule has 0 N–H and O–H groups in total. The van der Waals surface area contributed by atoms with Gasteiger partial charge in [-0.25, -0.2) is 0 Å². The van der Waals surface area contributed by atoms with Gasteiger partial charge in [-0.3, -0.25) is 9.59 Å². The van der Waals surface area contributed by atoms with Gasteiger partial charge >= 0.3 is 6.18 Å². The summed E-state index contributed by atoms with van der Waals surface area (Å²) in [5, 5.41) is 3.16. The van der Waals surface area contributed by atoms with Gasteiger partial charge in [0.15, 0.2) is 11.0 Å². The smallest absolute Gasteiger partial charge is 0.416 e. The zero-order valence-corrected chi connectivity index (χ0v) is 21.8.